The lowest BCUT2D eigenvalue weighted by molar-refractivity contribution is -0.156. The molecule has 2 atom stereocenters. The van der Waals surface area contributed by atoms with Crippen LogP contribution in [0.4, 0.5) is 0 Å². The standard InChI is InChI=1S/C34H36ClN5O5S2/c1-6-40-26-13-12-25(22(3)31(26)37-38-40)30(34(4,5)33(41)44-20-23-10-8-7-9-11-23)28-16-24(32(35)46-28)19-39-18-21(2)45-27-14-15-36-17-29(27)47(39,42)43/h7-17,21,30H,6,18-20H2,1-5H3/t21-,30+/m1/s1. The van der Waals surface area contributed by atoms with Crippen molar-refractivity contribution in [2.24, 2.45) is 5.41 Å². The zero-order valence-corrected chi connectivity index (χ0v) is 29.2. The first-order valence-corrected chi connectivity index (χ1v) is 18.0. The van der Waals surface area contributed by atoms with Gasteiger partial charge in [0.2, 0.25) is 10.0 Å². The molecule has 0 radical (unpaired) electrons. The minimum absolute atomic E-state index is 0.0140. The number of esters is 1. The molecule has 47 heavy (non-hydrogen) atoms. The SMILES string of the molecule is CCn1nnc2c(C)c([C@@H](c3cc(CN4C[C@@H](C)Oc5ccncc5S4(=O)=O)c(Cl)s3)C(C)(C)C(=O)OCc3ccccc3)ccc21. The van der Waals surface area contributed by atoms with Crippen LogP contribution in [0, 0.1) is 12.3 Å². The molecule has 0 aliphatic carbocycles. The van der Waals surface area contributed by atoms with Crippen molar-refractivity contribution in [3.8, 4) is 5.75 Å². The second-order valence-corrected chi connectivity index (χ2v) is 15.9. The van der Waals surface area contributed by atoms with Gasteiger partial charge in [-0.25, -0.2) is 13.1 Å². The summed E-state index contributed by atoms with van der Waals surface area (Å²) in [6, 6.07) is 17.0. The third kappa shape index (κ3) is 6.27. The summed E-state index contributed by atoms with van der Waals surface area (Å²) < 4.78 is 43.0. The molecule has 5 aromatic rings. The van der Waals surface area contributed by atoms with Crippen LogP contribution >= 0.6 is 22.9 Å². The van der Waals surface area contributed by atoms with E-state index in [9.17, 15) is 13.2 Å². The van der Waals surface area contributed by atoms with Gasteiger partial charge in [0, 0.05) is 30.1 Å². The predicted octanol–water partition coefficient (Wildman–Crippen LogP) is 6.74. The van der Waals surface area contributed by atoms with E-state index in [1.165, 1.54) is 28.0 Å². The molecule has 10 nitrogen and oxygen atoms in total. The number of hydrogen-bond acceptors (Lipinski definition) is 9. The van der Waals surface area contributed by atoms with Crippen molar-refractivity contribution in [3.63, 3.8) is 0 Å². The van der Waals surface area contributed by atoms with Crippen LogP contribution in [0.2, 0.25) is 4.34 Å². The number of aromatic nitrogens is 4. The highest BCUT2D eigenvalue weighted by atomic mass is 35.5. The lowest BCUT2D eigenvalue weighted by Gasteiger charge is -2.33. The molecule has 0 saturated carbocycles. The Morgan fingerprint density at radius 1 is 1.19 bits per heavy atom. The van der Waals surface area contributed by atoms with Crippen molar-refractivity contribution in [3.05, 3.63) is 98.5 Å². The zero-order valence-electron chi connectivity index (χ0n) is 26.8. The Morgan fingerprint density at radius 2 is 1.96 bits per heavy atom. The molecule has 0 bridgehead atoms. The van der Waals surface area contributed by atoms with Crippen LogP contribution in [0.1, 0.15) is 60.7 Å². The van der Waals surface area contributed by atoms with Gasteiger partial charge in [0.15, 0.2) is 0 Å². The molecule has 4 heterocycles. The Hall–Kier alpha value is -3.84. The molecule has 6 rings (SSSR count). The molecule has 0 N–H and O–H groups in total. The van der Waals surface area contributed by atoms with Gasteiger partial charge in [-0.05, 0) is 75.1 Å². The average molecular weight is 694 g/mol. The van der Waals surface area contributed by atoms with Gasteiger partial charge >= 0.3 is 5.97 Å². The van der Waals surface area contributed by atoms with Gasteiger partial charge in [-0.3, -0.25) is 9.78 Å². The van der Waals surface area contributed by atoms with Crippen LogP contribution in [-0.4, -0.2) is 51.3 Å². The Bertz CT molecular complexity index is 2040. The van der Waals surface area contributed by atoms with Gasteiger partial charge < -0.3 is 9.47 Å². The monoisotopic (exact) mass is 693 g/mol. The van der Waals surface area contributed by atoms with E-state index in [0.29, 0.717) is 16.4 Å². The quantitative estimate of drug-likeness (QED) is 0.156. The van der Waals surface area contributed by atoms with Gasteiger partial charge in [-0.1, -0.05) is 53.2 Å². The molecule has 1 aliphatic heterocycles. The number of sulfonamides is 1. The number of carbonyl (C=O) groups excluding carboxylic acids is 1. The maximum atomic E-state index is 13.9. The fourth-order valence-electron chi connectivity index (χ4n) is 6.11. The fourth-order valence-corrected chi connectivity index (χ4v) is 9.25. The van der Waals surface area contributed by atoms with Crippen LogP contribution in [-0.2, 0) is 39.3 Å². The van der Waals surface area contributed by atoms with E-state index in [0.717, 1.165) is 32.6 Å². The molecule has 0 spiro atoms. The number of ether oxygens (including phenoxy) is 2. The Balaban J connectivity index is 1.40. The van der Waals surface area contributed by atoms with Gasteiger partial charge in [-0.15, -0.1) is 16.4 Å². The van der Waals surface area contributed by atoms with Gasteiger partial charge in [0.05, 0.1) is 28.0 Å². The Labute approximate surface area is 283 Å². The second kappa shape index (κ2) is 13.0. The van der Waals surface area contributed by atoms with E-state index >= 15 is 0 Å². The molecule has 0 saturated heterocycles. The topological polar surface area (TPSA) is 117 Å². The predicted molar refractivity (Wildman–Crippen MR) is 181 cm³/mol. The maximum Gasteiger partial charge on any atom is 0.312 e. The van der Waals surface area contributed by atoms with Crippen molar-refractivity contribution < 1.29 is 22.7 Å². The van der Waals surface area contributed by atoms with E-state index in [-0.39, 0.29) is 36.3 Å². The van der Waals surface area contributed by atoms with Gasteiger partial charge in [0.1, 0.15) is 28.9 Å². The first-order valence-electron chi connectivity index (χ1n) is 15.3. The highest BCUT2D eigenvalue weighted by Crippen LogP contribution is 2.48. The van der Waals surface area contributed by atoms with Crippen molar-refractivity contribution in [1.82, 2.24) is 24.3 Å². The van der Waals surface area contributed by atoms with Gasteiger partial charge in [0.25, 0.3) is 0 Å². The first-order chi connectivity index (χ1) is 22.4. The Morgan fingerprint density at radius 3 is 2.70 bits per heavy atom. The summed E-state index contributed by atoms with van der Waals surface area (Å²) in [5, 5.41) is 8.78. The number of halogens is 1. The van der Waals surface area contributed by atoms with Gasteiger partial charge in [-0.2, -0.15) is 4.31 Å². The van der Waals surface area contributed by atoms with Crippen LogP contribution in [0.5, 0.6) is 5.75 Å². The summed E-state index contributed by atoms with van der Waals surface area (Å²) in [5.74, 6) is -0.598. The van der Waals surface area contributed by atoms with Crippen molar-refractivity contribution in [2.45, 2.75) is 71.2 Å². The molecule has 0 unspecified atom stereocenters. The summed E-state index contributed by atoms with van der Waals surface area (Å²) in [4.78, 5) is 18.8. The molecule has 0 amide bonds. The van der Waals surface area contributed by atoms with Crippen molar-refractivity contribution in [2.75, 3.05) is 6.54 Å². The summed E-state index contributed by atoms with van der Waals surface area (Å²) in [5.41, 5.74) is 3.90. The molecule has 246 valence electrons. The smallest absolute Gasteiger partial charge is 0.312 e. The summed E-state index contributed by atoms with van der Waals surface area (Å²) >= 11 is 8.24. The molecular weight excluding hydrogens is 658 g/mol. The number of thiophene rings is 1. The molecule has 0 fully saturated rings. The number of rotatable bonds is 9. The highest BCUT2D eigenvalue weighted by Gasteiger charge is 2.43. The minimum Gasteiger partial charge on any atom is -0.488 e. The van der Waals surface area contributed by atoms with Crippen molar-refractivity contribution in [1.29, 1.82) is 0 Å². The van der Waals surface area contributed by atoms with Crippen LogP contribution in [0.3, 0.4) is 0 Å². The van der Waals surface area contributed by atoms with E-state index in [4.69, 9.17) is 21.1 Å². The number of hydrogen-bond donors (Lipinski definition) is 0. The maximum absolute atomic E-state index is 13.9. The first kappa shape index (κ1) is 33.1. The summed E-state index contributed by atoms with van der Waals surface area (Å²) in [6.07, 6.45) is 2.42. The lowest BCUT2D eigenvalue weighted by Crippen LogP contribution is -2.35. The third-order valence-corrected chi connectivity index (χ3v) is 11.9. The number of nitrogens with zero attached hydrogens (tertiary/aromatic N) is 5. The van der Waals surface area contributed by atoms with Crippen LogP contribution in [0.15, 0.2) is 71.9 Å². The largest absolute Gasteiger partial charge is 0.488 e. The lowest BCUT2D eigenvalue weighted by atomic mass is 9.72. The number of pyridine rings is 1. The molecular formula is C34H36ClN5O5S2. The van der Waals surface area contributed by atoms with E-state index in [1.54, 1.807) is 6.07 Å². The van der Waals surface area contributed by atoms with Crippen LogP contribution in [0.25, 0.3) is 11.0 Å². The summed E-state index contributed by atoms with van der Waals surface area (Å²) in [6.45, 7) is 10.5. The normalized spacial score (nSPS) is 17.1. The van der Waals surface area contributed by atoms with E-state index < -0.39 is 27.5 Å². The van der Waals surface area contributed by atoms with E-state index in [1.807, 2.05) is 87.8 Å². The zero-order chi connectivity index (χ0) is 33.5. The molecule has 3 aromatic heterocycles. The molecule has 2 aromatic carbocycles. The van der Waals surface area contributed by atoms with E-state index in [2.05, 4.69) is 15.3 Å². The second-order valence-electron chi connectivity index (χ2n) is 12.3. The molecule has 13 heteroatoms. The average Bonchev–Trinajstić information content (AvgIpc) is 3.61. The fraction of sp³-hybridized carbons (Fsp3) is 0.353. The Kier molecular flexibility index (Phi) is 9.14. The number of fused-ring (bicyclic) bond motifs is 2. The van der Waals surface area contributed by atoms with Crippen LogP contribution < -0.4 is 4.74 Å². The third-order valence-electron chi connectivity index (χ3n) is 8.61. The molecule has 1 aliphatic rings. The minimum atomic E-state index is -3.94. The highest BCUT2D eigenvalue weighted by molar-refractivity contribution is 7.89. The number of carbonyl (C=O) groups is 1. The summed E-state index contributed by atoms with van der Waals surface area (Å²) in [7, 11) is -3.94. The number of benzene rings is 2. The van der Waals surface area contributed by atoms with Crippen molar-refractivity contribution >= 4 is 50.0 Å². The number of aryl methyl sites for hydroxylation is 2.